The molecule has 0 atom stereocenters. The van der Waals surface area contributed by atoms with Crippen LogP contribution in [0.5, 0.6) is 0 Å². The highest BCUT2D eigenvalue weighted by Gasteiger charge is 2.35. The van der Waals surface area contributed by atoms with Crippen molar-refractivity contribution in [2.24, 2.45) is 7.05 Å². The number of piperidine rings is 1. The zero-order valence-electron chi connectivity index (χ0n) is 21.9. The van der Waals surface area contributed by atoms with Gasteiger partial charge < -0.3 is 10.0 Å². The number of benzene rings is 2. The first-order valence-electron chi connectivity index (χ1n) is 12.9. The molecule has 0 spiro atoms. The van der Waals surface area contributed by atoms with E-state index in [1.54, 1.807) is 27.4 Å². The summed E-state index contributed by atoms with van der Waals surface area (Å²) in [5.74, 6) is -0.148. The van der Waals surface area contributed by atoms with Gasteiger partial charge >= 0.3 is 0 Å². The van der Waals surface area contributed by atoms with Crippen LogP contribution in [0.1, 0.15) is 29.0 Å². The van der Waals surface area contributed by atoms with Gasteiger partial charge in [-0.25, -0.2) is 9.67 Å². The topological polar surface area (TPSA) is 111 Å². The molecule has 0 radical (unpaired) electrons. The Morgan fingerprint density at radius 3 is 2.38 bits per heavy atom. The molecule has 1 amide bonds. The summed E-state index contributed by atoms with van der Waals surface area (Å²) in [4.78, 5) is 32.4. The molecule has 10 nitrogen and oxygen atoms in total. The van der Waals surface area contributed by atoms with Crippen LogP contribution in [0.15, 0.2) is 78.0 Å². The zero-order chi connectivity index (χ0) is 27.1. The first-order valence-corrected chi connectivity index (χ1v) is 12.9. The van der Waals surface area contributed by atoms with Crippen LogP contribution in [0, 0.1) is 6.92 Å². The number of carbonyl (C=O) groups excluding carboxylic acids is 1. The third kappa shape index (κ3) is 4.63. The Balaban J connectivity index is 1.18. The molecule has 198 valence electrons. The van der Waals surface area contributed by atoms with Crippen LogP contribution in [0.3, 0.4) is 0 Å². The number of hydrogen-bond donors (Lipinski definition) is 1. The summed E-state index contributed by atoms with van der Waals surface area (Å²) < 4.78 is 4.76. The predicted molar refractivity (Wildman–Crippen MR) is 147 cm³/mol. The highest BCUT2D eigenvalue weighted by molar-refractivity contribution is 5.92. The summed E-state index contributed by atoms with van der Waals surface area (Å²) in [5.41, 5.74) is 3.38. The van der Waals surface area contributed by atoms with Gasteiger partial charge in [0, 0.05) is 25.8 Å². The van der Waals surface area contributed by atoms with E-state index in [-0.39, 0.29) is 18.0 Å². The Hall–Kier alpha value is -4.57. The molecule has 0 aliphatic carbocycles. The van der Waals surface area contributed by atoms with E-state index in [0.29, 0.717) is 42.7 Å². The summed E-state index contributed by atoms with van der Waals surface area (Å²) >= 11 is 0. The Morgan fingerprint density at radius 2 is 1.72 bits per heavy atom. The van der Waals surface area contributed by atoms with Gasteiger partial charge in [-0.1, -0.05) is 42.5 Å². The monoisotopic (exact) mass is 523 g/mol. The molecule has 6 rings (SSSR count). The minimum atomic E-state index is -1.13. The normalized spacial score (nSPS) is 15.1. The van der Waals surface area contributed by atoms with E-state index in [2.05, 4.69) is 27.3 Å². The molecule has 10 heteroatoms. The summed E-state index contributed by atoms with van der Waals surface area (Å²) in [6, 6.07) is 19.8. The minimum Gasteiger partial charge on any atom is -0.388 e. The molecule has 39 heavy (non-hydrogen) atoms. The fourth-order valence-corrected chi connectivity index (χ4v) is 5.10. The lowest BCUT2D eigenvalue weighted by Gasteiger charge is -2.38. The standard InChI is InChI=1S/C29H29N7O3/c1-20-16-25(32-33(20)2)28(38)34-14-12-29(39,13-15-34)18-35-19-30-26-24(27(35)37)17-31-36(26)23-10-8-22(9-11-23)21-6-4-3-5-7-21/h3-11,16-17,19,39H,12-15,18H2,1-2H3. The Labute approximate surface area is 224 Å². The molecule has 0 saturated carbocycles. The van der Waals surface area contributed by atoms with Crippen molar-refractivity contribution in [2.75, 3.05) is 13.1 Å². The molecular formula is C29H29N7O3. The number of fused-ring (bicyclic) bond motifs is 1. The van der Waals surface area contributed by atoms with Crippen molar-refractivity contribution in [3.63, 3.8) is 0 Å². The second-order valence-corrected chi connectivity index (χ2v) is 10.2. The maximum atomic E-state index is 13.3. The molecule has 4 heterocycles. The third-order valence-electron chi connectivity index (χ3n) is 7.55. The maximum absolute atomic E-state index is 13.3. The van der Waals surface area contributed by atoms with Crippen molar-refractivity contribution in [3.05, 3.63) is 94.9 Å². The molecule has 0 unspecified atom stereocenters. The van der Waals surface area contributed by atoms with Crippen molar-refractivity contribution in [2.45, 2.75) is 31.9 Å². The lowest BCUT2D eigenvalue weighted by molar-refractivity contribution is -0.0300. The van der Waals surface area contributed by atoms with Gasteiger partial charge in [0.25, 0.3) is 11.5 Å². The predicted octanol–water partition coefficient (Wildman–Crippen LogP) is 2.96. The van der Waals surface area contributed by atoms with Gasteiger partial charge in [-0.2, -0.15) is 10.2 Å². The number of rotatable bonds is 5. The smallest absolute Gasteiger partial charge is 0.274 e. The van der Waals surface area contributed by atoms with Crippen molar-refractivity contribution in [1.29, 1.82) is 0 Å². The maximum Gasteiger partial charge on any atom is 0.274 e. The summed E-state index contributed by atoms with van der Waals surface area (Å²) in [6.45, 7) is 2.75. The molecular weight excluding hydrogens is 494 g/mol. The highest BCUT2D eigenvalue weighted by atomic mass is 16.3. The first kappa shape index (κ1) is 24.7. The van der Waals surface area contributed by atoms with Gasteiger partial charge in [-0.05, 0) is 49.1 Å². The minimum absolute atomic E-state index is 0.0937. The Kier molecular flexibility index (Phi) is 6.11. The van der Waals surface area contributed by atoms with E-state index in [1.165, 1.54) is 17.1 Å². The van der Waals surface area contributed by atoms with Gasteiger partial charge in [0.05, 0.1) is 24.0 Å². The molecule has 1 saturated heterocycles. The molecule has 5 aromatic rings. The lowest BCUT2D eigenvalue weighted by Crippen LogP contribution is -2.49. The van der Waals surface area contributed by atoms with Crippen LogP contribution in [0.2, 0.25) is 0 Å². The molecule has 2 aromatic carbocycles. The summed E-state index contributed by atoms with van der Waals surface area (Å²) in [5, 5.41) is 20.4. The molecule has 3 aromatic heterocycles. The lowest BCUT2D eigenvalue weighted by atomic mass is 9.91. The Bertz CT molecular complexity index is 1690. The second kappa shape index (κ2) is 9.63. The summed E-state index contributed by atoms with van der Waals surface area (Å²) in [6.07, 6.45) is 3.68. The van der Waals surface area contributed by atoms with Gasteiger partial charge in [-0.15, -0.1) is 0 Å². The molecule has 1 aliphatic heterocycles. The SMILES string of the molecule is Cc1cc(C(=O)N2CCC(O)(Cn3cnc4c(cnn4-c4ccc(-c5ccccc5)cc4)c3=O)CC2)nn1C. The number of aryl methyl sites for hydroxylation is 2. The number of amides is 1. The van der Waals surface area contributed by atoms with Crippen LogP contribution in [0.25, 0.3) is 27.8 Å². The van der Waals surface area contributed by atoms with Crippen LogP contribution in [-0.2, 0) is 13.6 Å². The van der Waals surface area contributed by atoms with Gasteiger partial charge in [0.2, 0.25) is 0 Å². The van der Waals surface area contributed by atoms with E-state index >= 15 is 0 Å². The summed E-state index contributed by atoms with van der Waals surface area (Å²) in [7, 11) is 1.80. The number of aliphatic hydroxyl groups is 1. The van der Waals surface area contributed by atoms with E-state index in [4.69, 9.17) is 0 Å². The highest BCUT2D eigenvalue weighted by Crippen LogP contribution is 2.26. The zero-order valence-corrected chi connectivity index (χ0v) is 21.9. The quantitative estimate of drug-likeness (QED) is 0.379. The van der Waals surface area contributed by atoms with E-state index in [1.807, 2.05) is 49.4 Å². The number of nitrogens with zero attached hydrogens (tertiary/aromatic N) is 7. The average Bonchev–Trinajstić information content (AvgIpc) is 3.54. The molecule has 0 bridgehead atoms. The number of aromatic nitrogens is 6. The van der Waals surface area contributed by atoms with Crippen LogP contribution < -0.4 is 5.56 Å². The van der Waals surface area contributed by atoms with Crippen molar-refractivity contribution in [3.8, 4) is 16.8 Å². The van der Waals surface area contributed by atoms with E-state index in [9.17, 15) is 14.7 Å². The molecule has 1 aliphatic rings. The average molecular weight is 524 g/mol. The van der Waals surface area contributed by atoms with E-state index < -0.39 is 5.60 Å². The fraction of sp³-hybridized carbons (Fsp3) is 0.276. The number of carbonyl (C=O) groups is 1. The van der Waals surface area contributed by atoms with Gasteiger partial charge in [0.1, 0.15) is 11.7 Å². The Morgan fingerprint density at radius 1 is 1.03 bits per heavy atom. The van der Waals surface area contributed by atoms with Crippen molar-refractivity contribution >= 4 is 16.9 Å². The third-order valence-corrected chi connectivity index (χ3v) is 7.55. The fourth-order valence-electron chi connectivity index (χ4n) is 5.10. The largest absolute Gasteiger partial charge is 0.388 e. The number of hydrogen-bond acceptors (Lipinski definition) is 6. The van der Waals surface area contributed by atoms with Gasteiger partial charge in [-0.3, -0.25) is 18.8 Å². The number of likely N-dealkylation sites (tertiary alicyclic amines) is 1. The van der Waals surface area contributed by atoms with Crippen LogP contribution >= 0.6 is 0 Å². The first-order chi connectivity index (χ1) is 18.8. The molecule has 1 N–H and O–H groups in total. The van der Waals surface area contributed by atoms with Crippen LogP contribution in [0.4, 0.5) is 0 Å². The van der Waals surface area contributed by atoms with Crippen molar-refractivity contribution in [1.82, 2.24) is 34.0 Å². The molecule has 1 fully saturated rings. The van der Waals surface area contributed by atoms with E-state index in [0.717, 1.165) is 22.5 Å². The van der Waals surface area contributed by atoms with Crippen LogP contribution in [-0.4, -0.2) is 63.7 Å². The second-order valence-electron chi connectivity index (χ2n) is 10.2. The van der Waals surface area contributed by atoms with Gasteiger partial charge in [0.15, 0.2) is 11.3 Å². The van der Waals surface area contributed by atoms with Crippen molar-refractivity contribution < 1.29 is 9.90 Å².